The van der Waals surface area contributed by atoms with E-state index in [1.165, 1.54) is 0 Å². The van der Waals surface area contributed by atoms with Crippen molar-refractivity contribution in [2.75, 3.05) is 19.8 Å². The van der Waals surface area contributed by atoms with E-state index in [2.05, 4.69) is 6.92 Å². The summed E-state index contributed by atoms with van der Waals surface area (Å²) in [6.07, 6.45) is 1.88. The zero-order valence-electron chi connectivity index (χ0n) is 7.51. The van der Waals surface area contributed by atoms with Crippen LogP contribution >= 0.6 is 0 Å². The Morgan fingerprint density at radius 1 is 1.27 bits per heavy atom. The summed E-state index contributed by atoms with van der Waals surface area (Å²) in [6.45, 7) is 6.05. The van der Waals surface area contributed by atoms with E-state index in [4.69, 9.17) is 15.2 Å². The molecule has 2 N–H and O–H groups in total. The van der Waals surface area contributed by atoms with Crippen molar-refractivity contribution >= 4 is 0 Å². The third-order valence-corrected chi connectivity index (χ3v) is 1.34. The molecule has 0 aliphatic heterocycles. The van der Waals surface area contributed by atoms with Crippen LogP contribution in [0.1, 0.15) is 26.7 Å². The molecule has 0 aromatic heterocycles. The van der Waals surface area contributed by atoms with Crippen molar-refractivity contribution in [2.45, 2.75) is 32.9 Å². The van der Waals surface area contributed by atoms with Gasteiger partial charge in [-0.2, -0.15) is 0 Å². The highest BCUT2D eigenvalue weighted by molar-refractivity contribution is 4.45. The fourth-order valence-electron chi connectivity index (χ4n) is 0.771. The molecule has 0 aromatic rings. The van der Waals surface area contributed by atoms with Gasteiger partial charge in [0.25, 0.3) is 0 Å². The minimum absolute atomic E-state index is 0.111. The molecule has 1 unspecified atom stereocenters. The topological polar surface area (TPSA) is 44.5 Å². The summed E-state index contributed by atoms with van der Waals surface area (Å²) < 4.78 is 10.3. The summed E-state index contributed by atoms with van der Waals surface area (Å²) in [6, 6.07) is 0. The number of hydrogen-bond donors (Lipinski definition) is 1. The molecule has 0 heterocycles. The summed E-state index contributed by atoms with van der Waals surface area (Å²) in [5, 5.41) is 0. The molecule has 0 rings (SSSR count). The van der Waals surface area contributed by atoms with Gasteiger partial charge in [0.2, 0.25) is 0 Å². The zero-order chi connectivity index (χ0) is 8.53. The molecule has 11 heavy (non-hydrogen) atoms. The van der Waals surface area contributed by atoms with Crippen molar-refractivity contribution in [1.82, 2.24) is 0 Å². The van der Waals surface area contributed by atoms with Gasteiger partial charge < -0.3 is 15.2 Å². The molecule has 0 aromatic carbocycles. The second-order valence-corrected chi connectivity index (χ2v) is 2.39. The van der Waals surface area contributed by atoms with Crippen LogP contribution in [-0.4, -0.2) is 26.0 Å². The molecule has 0 bridgehead atoms. The summed E-state index contributed by atoms with van der Waals surface area (Å²) in [5.74, 6) is 0. The van der Waals surface area contributed by atoms with Crippen LogP contribution in [0.15, 0.2) is 0 Å². The lowest BCUT2D eigenvalue weighted by Crippen LogP contribution is -2.25. The van der Waals surface area contributed by atoms with E-state index in [1.54, 1.807) is 0 Å². The zero-order valence-corrected chi connectivity index (χ0v) is 7.51. The number of ether oxygens (including phenoxy) is 2. The average Bonchev–Trinajstić information content (AvgIpc) is 1.99. The molecule has 0 radical (unpaired) electrons. The standard InChI is InChI=1S/C8H19NO2/c1-3-5-8(9)11-7-6-10-4-2/h8H,3-7,9H2,1-2H3. The highest BCUT2D eigenvalue weighted by Gasteiger charge is 1.98. The summed E-state index contributed by atoms with van der Waals surface area (Å²) >= 11 is 0. The summed E-state index contributed by atoms with van der Waals surface area (Å²) in [5.41, 5.74) is 5.59. The van der Waals surface area contributed by atoms with Gasteiger partial charge in [-0.05, 0) is 13.3 Å². The monoisotopic (exact) mass is 161 g/mol. The quantitative estimate of drug-likeness (QED) is 0.449. The molecule has 68 valence electrons. The molecule has 1 atom stereocenters. The number of rotatable bonds is 7. The second-order valence-electron chi connectivity index (χ2n) is 2.39. The van der Waals surface area contributed by atoms with Crippen molar-refractivity contribution < 1.29 is 9.47 Å². The highest BCUT2D eigenvalue weighted by atomic mass is 16.5. The Morgan fingerprint density at radius 3 is 2.55 bits per heavy atom. The van der Waals surface area contributed by atoms with Crippen molar-refractivity contribution in [2.24, 2.45) is 5.73 Å². The summed E-state index contributed by atoms with van der Waals surface area (Å²) in [4.78, 5) is 0. The molecule has 0 saturated heterocycles. The molecular weight excluding hydrogens is 142 g/mol. The van der Waals surface area contributed by atoms with Crippen LogP contribution in [0.2, 0.25) is 0 Å². The second kappa shape index (κ2) is 7.98. The van der Waals surface area contributed by atoms with Crippen molar-refractivity contribution in [3.05, 3.63) is 0 Å². The van der Waals surface area contributed by atoms with Gasteiger partial charge in [0, 0.05) is 6.61 Å². The third kappa shape index (κ3) is 7.78. The van der Waals surface area contributed by atoms with Gasteiger partial charge in [-0.3, -0.25) is 0 Å². The molecule has 0 spiro atoms. The molecule has 0 aliphatic carbocycles. The van der Waals surface area contributed by atoms with Gasteiger partial charge in [-0.1, -0.05) is 13.3 Å². The molecule has 0 saturated carbocycles. The first kappa shape index (κ1) is 10.9. The van der Waals surface area contributed by atoms with Crippen LogP contribution in [0.25, 0.3) is 0 Å². The fourth-order valence-corrected chi connectivity index (χ4v) is 0.771. The molecule has 0 fully saturated rings. The van der Waals surface area contributed by atoms with Crippen molar-refractivity contribution in [3.63, 3.8) is 0 Å². The lowest BCUT2D eigenvalue weighted by molar-refractivity contribution is 0.00661. The lowest BCUT2D eigenvalue weighted by atomic mass is 10.3. The first-order chi connectivity index (χ1) is 5.31. The Kier molecular flexibility index (Phi) is 7.89. The molecular formula is C8H19NO2. The van der Waals surface area contributed by atoms with E-state index in [0.717, 1.165) is 19.4 Å². The minimum atomic E-state index is -0.111. The fraction of sp³-hybridized carbons (Fsp3) is 1.00. The van der Waals surface area contributed by atoms with Gasteiger partial charge in [0.05, 0.1) is 13.2 Å². The van der Waals surface area contributed by atoms with Crippen LogP contribution in [-0.2, 0) is 9.47 Å². The Morgan fingerprint density at radius 2 is 2.00 bits per heavy atom. The predicted molar refractivity (Wildman–Crippen MR) is 45.3 cm³/mol. The van der Waals surface area contributed by atoms with Gasteiger partial charge in [-0.15, -0.1) is 0 Å². The van der Waals surface area contributed by atoms with Crippen molar-refractivity contribution in [1.29, 1.82) is 0 Å². The van der Waals surface area contributed by atoms with Crippen LogP contribution in [0.4, 0.5) is 0 Å². The maximum Gasteiger partial charge on any atom is 0.105 e. The van der Waals surface area contributed by atoms with Crippen LogP contribution in [0.5, 0.6) is 0 Å². The van der Waals surface area contributed by atoms with Gasteiger partial charge in [-0.25, -0.2) is 0 Å². The van der Waals surface area contributed by atoms with Crippen LogP contribution < -0.4 is 5.73 Å². The maximum atomic E-state index is 5.59. The van der Waals surface area contributed by atoms with Gasteiger partial charge in [0.1, 0.15) is 6.23 Å². The first-order valence-corrected chi connectivity index (χ1v) is 4.26. The van der Waals surface area contributed by atoms with Crippen LogP contribution in [0, 0.1) is 0 Å². The smallest absolute Gasteiger partial charge is 0.105 e. The average molecular weight is 161 g/mol. The highest BCUT2D eigenvalue weighted by Crippen LogP contribution is 1.94. The van der Waals surface area contributed by atoms with E-state index < -0.39 is 0 Å². The molecule has 0 amide bonds. The number of nitrogens with two attached hydrogens (primary N) is 1. The van der Waals surface area contributed by atoms with E-state index in [1.807, 2.05) is 6.92 Å². The van der Waals surface area contributed by atoms with E-state index in [0.29, 0.717) is 13.2 Å². The minimum Gasteiger partial charge on any atom is -0.379 e. The Labute approximate surface area is 68.9 Å². The molecule has 3 heteroatoms. The lowest BCUT2D eigenvalue weighted by Gasteiger charge is -2.11. The molecule has 0 aliphatic rings. The van der Waals surface area contributed by atoms with Gasteiger partial charge >= 0.3 is 0 Å². The Balaban J connectivity index is 2.97. The Bertz CT molecular complexity index is 78.5. The summed E-state index contributed by atoms with van der Waals surface area (Å²) in [7, 11) is 0. The number of hydrogen-bond acceptors (Lipinski definition) is 3. The molecule has 3 nitrogen and oxygen atoms in total. The van der Waals surface area contributed by atoms with E-state index in [9.17, 15) is 0 Å². The third-order valence-electron chi connectivity index (χ3n) is 1.34. The predicted octanol–water partition coefficient (Wildman–Crippen LogP) is 1.12. The first-order valence-electron chi connectivity index (χ1n) is 4.26. The van der Waals surface area contributed by atoms with E-state index >= 15 is 0 Å². The maximum absolute atomic E-state index is 5.59. The van der Waals surface area contributed by atoms with Crippen LogP contribution in [0.3, 0.4) is 0 Å². The Hall–Kier alpha value is -0.120. The largest absolute Gasteiger partial charge is 0.379 e. The SMILES string of the molecule is CCCC(N)OCCOCC. The normalized spacial score (nSPS) is 13.4. The van der Waals surface area contributed by atoms with Crippen molar-refractivity contribution in [3.8, 4) is 0 Å². The van der Waals surface area contributed by atoms with E-state index in [-0.39, 0.29) is 6.23 Å². The van der Waals surface area contributed by atoms with Gasteiger partial charge in [0.15, 0.2) is 0 Å².